The van der Waals surface area contributed by atoms with E-state index in [2.05, 4.69) is 0 Å². The zero-order valence-corrected chi connectivity index (χ0v) is 14.8. The summed E-state index contributed by atoms with van der Waals surface area (Å²) in [4.78, 5) is 25.4. The minimum Gasteiger partial charge on any atom is -0.489 e. The average molecular weight is 341 g/mol. The van der Waals surface area contributed by atoms with Crippen molar-refractivity contribution in [1.29, 1.82) is 0 Å². The fourth-order valence-electron chi connectivity index (χ4n) is 2.03. The van der Waals surface area contributed by atoms with E-state index in [-0.39, 0.29) is 18.6 Å². The van der Waals surface area contributed by atoms with E-state index in [1.54, 1.807) is 31.3 Å². The van der Waals surface area contributed by atoms with Gasteiger partial charge in [0.1, 0.15) is 12.4 Å². The number of nitrogens with zero attached hydrogens (tertiary/aromatic N) is 1. The molecule has 0 spiro atoms. The van der Waals surface area contributed by atoms with Crippen LogP contribution >= 0.6 is 0 Å². The quantitative estimate of drug-likeness (QED) is 0.725. The monoisotopic (exact) mass is 341 g/mol. The molecule has 5 heteroatoms. The highest BCUT2D eigenvalue weighted by atomic mass is 16.5. The van der Waals surface area contributed by atoms with Crippen LogP contribution in [-0.2, 0) is 16.1 Å². The third-order valence-electron chi connectivity index (χ3n) is 3.83. The van der Waals surface area contributed by atoms with Gasteiger partial charge < -0.3 is 14.4 Å². The topological polar surface area (TPSA) is 55.8 Å². The highest BCUT2D eigenvalue weighted by molar-refractivity contribution is 5.91. The number of rotatable bonds is 7. The van der Waals surface area contributed by atoms with Crippen molar-refractivity contribution in [1.82, 2.24) is 4.90 Å². The van der Waals surface area contributed by atoms with Gasteiger partial charge in [-0.3, -0.25) is 4.79 Å². The van der Waals surface area contributed by atoms with Crippen molar-refractivity contribution >= 4 is 11.9 Å². The van der Waals surface area contributed by atoms with Crippen molar-refractivity contribution in [3.05, 3.63) is 65.7 Å². The van der Waals surface area contributed by atoms with E-state index in [0.717, 1.165) is 5.56 Å². The maximum atomic E-state index is 12.0. The summed E-state index contributed by atoms with van der Waals surface area (Å²) in [6, 6.07) is 16.6. The Morgan fingerprint density at radius 3 is 2.24 bits per heavy atom. The molecule has 25 heavy (non-hydrogen) atoms. The molecule has 0 saturated heterocycles. The summed E-state index contributed by atoms with van der Waals surface area (Å²) in [6.45, 7) is 3.99. The van der Waals surface area contributed by atoms with Crippen LogP contribution in [0.15, 0.2) is 54.6 Å². The predicted molar refractivity (Wildman–Crippen MR) is 95.4 cm³/mol. The minimum absolute atomic E-state index is 0.0623. The number of benzene rings is 2. The first-order valence-corrected chi connectivity index (χ1v) is 8.17. The molecule has 0 aromatic heterocycles. The first kappa shape index (κ1) is 18.5. The highest BCUT2D eigenvalue weighted by Gasteiger charge is 2.15. The summed E-state index contributed by atoms with van der Waals surface area (Å²) in [5.41, 5.74) is 1.45. The Balaban J connectivity index is 1.84. The molecule has 0 heterocycles. The number of carbonyl (C=O) groups excluding carboxylic acids is 2. The Morgan fingerprint density at radius 2 is 1.64 bits per heavy atom. The number of hydrogen-bond donors (Lipinski definition) is 0. The van der Waals surface area contributed by atoms with E-state index in [0.29, 0.717) is 17.9 Å². The summed E-state index contributed by atoms with van der Waals surface area (Å²) in [7, 11) is 1.68. The summed E-state index contributed by atoms with van der Waals surface area (Å²) in [5, 5.41) is 0. The summed E-state index contributed by atoms with van der Waals surface area (Å²) < 4.78 is 10.7. The third kappa shape index (κ3) is 5.64. The third-order valence-corrected chi connectivity index (χ3v) is 3.83. The molecule has 0 aliphatic rings. The van der Waals surface area contributed by atoms with Crippen LogP contribution in [0.2, 0.25) is 0 Å². The molecule has 5 nitrogen and oxygen atoms in total. The van der Waals surface area contributed by atoms with E-state index in [4.69, 9.17) is 9.47 Å². The lowest BCUT2D eigenvalue weighted by atomic mass is 10.2. The van der Waals surface area contributed by atoms with E-state index >= 15 is 0 Å². The number of amides is 1. The average Bonchev–Trinajstić information content (AvgIpc) is 2.64. The number of carbonyl (C=O) groups is 2. The van der Waals surface area contributed by atoms with Gasteiger partial charge in [0.15, 0.2) is 6.61 Å². The van der Waals surface area contributed by atoms with E-state index in [9.17, 15) is 9.59 Å². The van der Waals surface area contributed by atoms with Crippen LogP contribution in [0.5, 0.6) is 5.75 Å². The van der Waals surface area contributed by atoms with E-state index in [1.165, 1.54) is 4.90 Å². The first-order chi connectivity index (χ1) is 12.0. The summed E-state index contributed by atoms with van der Waals surface area (Å²) in [5.74, 6) is -0.0951. The second kappa shape index (κ2) is 8.87. The molecule has 0 bridgehead atoms. The second-order valence-corrected chi connectivity index (χ2v) is 5.97. The predicted octanol–water partition coefficient (Wildman–Crippen LogP) is 3.29. The van der Waals surface area contributed by atoms with Gasteiger partial charge in [-0.25, -0.2) is 4.79 Å². The Kier molecular flexibility index (Phi) is 6.57. The standard InChI is InChI=1S/C20H23NO4/c1-15(2)21(3)19(22)14-25-20(23)17-9-11-18(12-10-17)24-13-16-7-5-4-6-8-16/h4-12,15H,13-14H2,1-3H3. The lowest BCUT2D eigenvalue weighted by molar-refractivity contribution is -0.134. The first-order valence-electron chi connectivity index (χ1n) is 8.17. The van der Waals surface area contributed by atoms with Gasteiger partial charge in [0.05, 0.1) is 5.56 Å². The Bertz CT molecular complexity index is 695. The number of esters is 1. The number of hydrogen-bond acceptors (Lipinski definition) is 4. The molecule has 0 fully saturated rings. The Labute approximate surface area is 148 Å². The van der Waals surface area contributed by atoms with E-state index < -0.39 is 5.97 Å². The summed E-state index contributed by atoms with van der Waals surface area (Å²) in [6.07, 6.45) is 0. The second-order valence-electron chi connectivity index (χ2n) is 5.97. The molecule has 0 saturated carbocycles. The zero-order chi connectivity index (χ0) is 18.2. The normalized spacial score (nSPS) is 10.4. The van der Waals surface area contributed by atoms with Gasteiger partial charge in [-0.2, -0.15) is 0 Å². The molecular weight excluding hydrogens is 318 g/mol. The molecule has 0 unspecified atom stereocenters. The molecule has 0 aliphatic carbocycles. The van der Waals surface area contributed by atoms with Gasteiger partial charge in [-0.1, -0.05) is 30.3 Å². The molecule has 2 rings (SSSR count). The maximum absolute atomic E-state index is 12.0. The van der Waals surface area contributed by atoms with Crippen molar-refractivity contribution in [3.63, 3.8) is 0 Å². The van der Waals surface area contributed by atoms with Crippen LogP contribution in [0.4, 0.5) is 0 Å². The van der Waals surface area contributed by atoms with Crippen LogP contribution in [0.25, 0.3) is 0 Å². The molecule has 132 valence electrons. The SMILES string of the molecule is CC(C)N(C)C(=O)COC(=O)c1ccc(OCc2ccccc2)cc1. The fourth-order valence-corrected chi connectivity index (χ4v) is 2.03. The highest BCUT2D eigenvalue weighted by Crippen LogP contribution is 2.15. The molecule has 0 atom stereocenters. The van der Waals surface area contributed by atoms with Crippen LogP contribution < -0.4 is 4.74 Å². The maximum Gasteiger partial charge on any atom is 0.338 e. The lowest BCUT2D eigenvalue weighted by Gasteiger charge is -2.21. The van der Waals surface area contributed by atoms with Crippen molar-refractivity contribution in [3.8, 4) is 5.75 Å². The molecule has 2 aromatic rings. The van der Waals surface area contributed by atoms with Gasteiger partial charge >= 0.3 is 5.97 Å². The molecule has 0 radical (unpaired) electrons. The number of ether oxygens (including phenoxy) is 2. The molecule has 2 aromatic carbocycles. The van der Waals surface area contributed by atoms with Gasteiger partial charge in [0.25, 0.3) is 5.91 Å². The van der Waals surface area contributed by atoms with E-state index in [1.807, 2.05) is 44.2 Å². The smallest absolute Gasteiger partial charge is 0.338 e. The van der Waals surface area contributed by atoms with Crippen molar-refractivity contribution in [2.75, 3.05) is 13.7 Å². The lowest BCUT2D eigenvalue weighted by Crippen LogP contribution is -2.36. The molecule has 0 aliphatic heterocycles. The van der Waals surface area contributed by atoms with Crippen molar-refractivity contribution in [2.45, 2.75) is 26.5 Å². The van der Waals surface area contributed by atoms with Crippen LogP contribution in [0.1, 0.15) is 29.8 Å². The summed E-state index contributed by atoms with van der Waals surface area (Å²) >= 11 is 0. The number of likely N-dealkylation sites (N-methyl/N-ethyl adjacent to an activating group) is 1. The largest absolute Gasteiger partial charge is 0.489 e. The van der Waals surface area contributed by atoms with Crippen LogP contribution in [0, 0.1) is 0 Å². The zero-order valence-electron chi connectivity index (χ0n) is 14.8. The van der Waals surface area contributed by atoms with Gasteiger partial charge in [-0.05, 0) is 43.7 Å². The van der Waals surface area contributed by atoms with Gasteiger partial charge in [-0.15, -0.1) is 0 Å². The fraction of sp³-hybridized carbons (Fsp3) is 0.300. The Morgan fingerprint density at radius 1 is 1.00 bits per heavy atom. The van der Waals surface area contributed by atoms with Crippen molar-refractivity contribution in [2.24, 2.45) is 0 Å². The van der Waals surface area contributed by atoms with Gasteiger partial charge in [0, 0.05) is 13.1 Å². The van der Waals surface area contributed by atoms with Gasteiger partial charge in [0.2, 0.25) is 0 Å². The van der Waals surface area contributed by atoms with Crippen LogP contribution in [-0.4, -0.2) is 36.5 Å². The van der Waals surface area contributed by atoms with Crippen LogP contribution in [0.3, 0.4) is 0 Å². The minimum atomic E-state index is -0.528. The Hall–Kier alpha value is -2.82. The molecule has 0 N–H and O–H groups in total. The molecular formula is C20H23NO4. The molecule has 1 amide bonds. The van der Waals surface area contributed by atoms with Crippen molar-refractivity contribution < 1.29 is 19.1 Å².